The number of carbonyl (C=O) groups is 1. The minimum atomic E-state index is -0.406. The van der Waals surface area contributed by atoms with E-state index >= 15 is 0 Å². The quantitative estimate of drug-likeness (QED) is 0.634. The summed E-state index contributed by atoms with van der Waals surface area (Å²) in [6, 6.07) is 8.89. The Labute approximate surface area is 172 Å². The largest absolute Gasteiger partial charge is 0.444 e. The van der Waals surface area contributed by atoms with Crippen LogP contribution in [0.4, 0.5) is 10.5 Å². The van der Waals surface area contributed by atoms with Gasteiger partial charge in [-0.15, -0.1) is 0 Å². The molecule has 0 aliphatic carbocycles. The summed E-state index contributed by atoms with van der Waals surface area (Å²) in [5.41, 5.74) is 2.27. The molecule has 3 rings (SSSR count). The van der Waals surface area contributed by atoms with Gasteiger partial charge in [0.2, 0.25) is 0 Å². The maximum atomic E-state index is 12.2. The summed E-state index contributed by atoms with van der Waals surface area (Å²) in [5, 5.41) is 0. The molecule has 2 aliphatic rings. The van der Waals surface area contributed by atoms with Gasteiger partial charge < -0.3 is 14.5 Å². The molecule has 1 aromatic rings. The zero-order chi connectivity index (χ0) is 20.7. The minimum absolute atomic E-state index is 0.148. The molecule has 0 radical (unpaired) electrons. The Morgan fingerprint density at radius 1 is 0.893 bits per heavy atom. The van der Waals surface area contributed by atoms with Crippen LogP contribution in [-0.4, -0.2) is 42.8 Å². The Morgan fingerprint density at radius 3 is 1.82 bits per heavy atom. The normalized spacial score (nSPS) is 19.1. The van der Waals surface area contributed by atoms with Crippen LogP contribution in [0.5, 0.6) is 0 Å². The first-order valence-corrected chi connectivity index (χ1v) is 11.1. The molecule has 1 aromatic carbocycles. The highest BCUT2D eigenvalue weighted by atomic mass is 16.6. The maximum absolute atomic E-state index is 12.2. The molecule has 0 bridgehead atoms. The molecule has 2 aliphatic heterocycles. The summed E-state index contributed by atoms with van der Waals surface area (Å²) >= 11 is 0. The molecule has 4 heteroatoms. The second kappa shape index (κ2) is 10.2. The Bertz CT molecular complexity index is 590. The fourth-order valence-corrected chi connectivity index (χ4v) is 4.26. The van der Waals surface area contributed by atoms with E-state index in [0.29, 0.717) is 0 Å². The topological polar surface area (TPSA) is 32.8 Å². The van der Waals surface area contributed by atoms with Crippen molar-refractivity contribution in [1.29, 1.82) is 0 Å². The lowest BCUT2D eigenvalue weighted by Gasteiger charge is -2.41. The van der Waals surface area contributed by atoms with Gasteiger partial charge in [0, 0.05) is 31.9 Å². The van der Waals surface area contributed by atoms with E-state index in [4.69, 9.17) is 4.74 Å². The number of nitrogens with zero attached hydrogens (tertiary/aromatic N) is 2. The molecule has 2 saturated heterocycles. The third-order valence-corrected chi connectivity index (χ3v) is 5.80. The Kier molecular flexibility index (Phi) is 8.21. The number of carbonyl (C=O) groups excluding carboxylic acids is 1. The number of hydrogen-bond donors (Lipinski definition) is 0. The Hall–Kier alpha value is -1.71. The first-order chi connectivity index (χ1) is 13.3. The number of anilines is 1. The zero-order valence-corrected chi connectivity index (χ0v) is 18.8. The number of rotatable bonds is 2. The van der Waals surface area contributed by atoms with Crippen LogP contribution in [0.3, 0.4) is 0 Å². The van der Waals surface area contributed by atoms with Gasteiger partial charge in [-0.25, -0.2) is 4.79 Å². The van der Waals surface area contributed by atoms with E-state index in [1.165, 1.54) is 24.1 Å². The molecule has 0 atom stereocenters. The lowest BCUT2D eigenvalue weighted by atomic mass is 9.79. The molecule has 0 spiro atoms. The molecular formula is C24H40N2O2. The molecular weight excluding hydrogens is 348 g/mol. The van der Waals surface area contributed by atoms with Crippen molar-refractivity contribution in [2.75, 3.05) is 31.1 Å². The summed E-state index contributed by atoms with van der Waals surface area (Å²) in [6.45, 7) is 15.9. The predicted molar refractivity (Wildman–Crippen MR) is 118 cm³/mol. The third kappa shape index (κ3) is 6.42. The molecule has 2 fully saturated rings. The van der Waals surface area contributed by atoms with E-state index in [9.17, 15) is 4.79 Å². The van der Waals surface area contributed by atoms with Gasteiger partial charge in [-0.1, -0.05) is 31.5 Å². The number of ether oxygens (including phenoxy) is 1. The number of benzene rings is 1. The minimum Gasteiger partial charge on any atom is -0.444 e. The molecule has 158 valence electrons. The van der Waals surface area contributed by atoms with E-state index in [-0.39, 0.29) is 6.09 Å². The summed E-state index contributed by atoms with van der Waals surface area (Å²) in [7, 11) is 0. The van der Waals surface area contributed by atoms with E-state index < -0.39 is 5.60 Å². The highest BCUT2D eigenvalue weighted by molar-refractivity contribution is 5.68. The fourth-order valence-electron chi connectivity index (χ4n) is 4.26. The van der Waals surface area contributed by atoms with Crippen molar-refractivity contribution in [2.24, 2.45) is 11.8 Å². The van der Waals surface area contributed by atoms with Gasteiger partial charge in [-0.05, 0) is 77.3 Å². The van der Waals surface area contributed by atoms with Crippen LogP contribution in [-0.2, 0) is 4.74 Å². The monoisotopic (exact) mass is 388 g/mol. The average molecular weight is 389 g/mol. The SMILES string of the molecule is CC.Cc1ccc(N2CCC(C3CCN(C(=O)OC(C)(C)C)CC3)CC2)cc1. The first kappa shape index (κ1) is 22.6. The van der Waals surface area contributed by atoms with Crippen molar-refractivity contribution in [3.05, 3.63) is 29.8 Å². The smallest absolute Gasteiger partial charge is 0.410 e. The lowest BCUT2D eigenvalue weighted by Crippen LogP contribution is -2.44. The maximum Gasteiger partial charge on any atom is 0.410 e. The lowest BCUT2D eigenvalue weighted by molar-refractivity contribution is 0.0152. The van der Waals surface area contributed by atoms with Crippen LogP contribution in [0.15, 0.2) is 24.3 Å². The second-order valence-electron chi connectivity index (χ2n) is 8.96. The summed E-state index contributed by atoms with van der Waals surface area (Å²) in [6.07, 6.45) is 4.63. The van der Waals surface area contributed by atoms with Crippen molar-refractivity contribution < 1.29 is 9.53 Å². The number of piperidine rings is 2. The van der Waals surface area contributed by atoms with Crippen molar-refractivity contribution in [1.82, 2.24) is 4.90 Å². The zero-order valence-electron chi connectivity index (χ0n) is 18.8. The van der Waals surface area contributed by atoms with E-state index in [1.807, 2.05) is 39.5 Å². The van der Waals surface area contributed by atoms with Gasteiger partial charge in [0.1, 0.15) is 5.60 Å². The van der Waals surface area contributed by atoms with Crippen LogP contribution in [0.2, 0.25) is 0 Å². The van der Waals surface area contributed by atoms with Crippen molar-refractivity contribution >= 4 is 11.8 Å². The highest BCUT2D eigenvalue weighted by Gasteiger charge is 2.32. The molecule has 2 heterocycles. The molecule has 0 saturated carbocycles. The van der Waals surface area contributed by atoms with Gasteiger partial charge in [0.05, 0.1) is 0 Å². The summed E-state index contributed by atoms with van der Waals surface area (Å²) in [5.74, 6) is 1.56. The van der Waals surface area contributed by atoms with E-state index in [2.05, 4.69) is 36.1 Å². The Balaban J connectivity index is 0.00000136. The van der Waals surface area contributed by atoms with Gasteiger partial charge in [0.15, 0.2) is 0 Å². The van der Waals surface area contributed by atoms with Crippen molar-refractivity contribution in [3.63, 3.8) is 0 Å². The van der Waals surface area contributed by atoms with Crippen LogP contribution < -0.4 is 4.90 Å². The molecule has 0 aromatic heterocycles. The molecule has 4 nitrogen and oxygen atoms in total. The molecule has 1 amide bonds. The number of aryl methyl sites for hydroxylation is 1. The highest BCUT2D eigenvalue weighted by Crippen LogP contribution is 2.34. The molecule has 28 heavy (non-hydrogen) atoms. The van der Waals surface area contributed by atoms with E-state index in [0.717, 1.165) is 50.9 Å². The van der Waals surface area contributed by atoms with Gasteiger partial charge in [-0.2, -0.15) is 0 Å². The molecule has 0 N–H and O–H groups in total. The standard InChI is InChI=1S/C22H34N2O2.C2H6/c1-17-5-7-20(8-6-17)23-13-9-18(10-14-23)19-11-15-24(16-12-19)21(25)26-22(2,3)4;1-2/h5-8,18-19H,9-16H2,1-4H3;1-2H3. The number of amides is 1. The third-order valence-electron chi connectivity index (χ3n) is 5.80. The van der Waals surface area contributed by atoms with Crippen molar-refractivity contribution in [2.45, 2.75) is 72.8 Å². The second-order valence-corrected chi connectivity index (χ2v) is 8.96. The van der Waals surface area contributed by atoms with E-state index in [1.54, 1.807) is 0 Å². The summed E-state index contributed by atoms with van der Waals surface area (Å²) < 4.78 is 5.51. The fraction of sp³-hybridized carbons (Fsp3) is 0.708. The van der Waals surface area contributed by atoms with Crippen LogP contribution in [0, 0.1) is 18.8 Å². The van der Waals surface area contributed by atoms with Gasteiger partial charge in [-0.3, -0.25) is 0 Å². The van der Waals surface area contributed by atoms with Gasteiger partial charge in [0.25, 0.3) is 0 Å². The molecule has 0 unspecified atom stereocenters. The van der Waals surface area contributed by atoms with Crippen LogP contribution >= 0.6 is 0 Å². The van der Waals surface area contributed by atoms with Crippen molar-refractivity contribution in [3.8, 4) is 0 Å². The Morgan fingerprint density at radius 2 is 1.36 bits per heavy atom. The first-order valence-electron chi connectivity index (χ1n) is 11.1. The number of hydrogen-bond acceptors (Lipinski definition) is 3. The average Bonchev–Trinajstić information content (AvgIpc) is 2.69. The number of likely N-dealkylation sites (tertiary alicyclic amines) is 1. The van der Waals surface area contributed by atoms with Crippen LogP contribution in [0.25, 0.3) is 0 Å². The van der Waals surface area contributed by atoms with Gasteiger partial charge >= 0.3 is 6.09 Å². The predicted octanol–water partition coefficient (Wildman–Crippen LogP) is 5.88. The van der Waals surface area contributed by atoms with Crippen LogP contribution in [0.1, 0.15) is 65.9 Å². The summed E-state index contributed by atoms with van der Waals surface area (Å²) in [4.78, 5) is 16.6.